The zero-order chi connectivity index (χ0) is 15.5. The summed E-state index contributed by atoms with van der Waals surface area (Å²) in [6.45, 7) is 2.56. The van der Waals surface area contributed by atoms with Gasteiger partial charge in [0.2, 0.25) is 10.0 Å². The van der Waals surface area contributed by atoms with Crippen molar-refractivity contribution in [3.05, 3.63) is 24.3 Å². The van der Waals surface area contributed by atoms with Gasteiger partial charge in [-0.25, -0.2) is 21.6 Å². The van der Waals surface area contributed by atoms with Crippen LogP contribution in [-0.2, 0) is 19.9 Å². The van der Waals surface area contributed by atoms with E-state index >= 15 is 0 Å². The fraction of sp³-hybridized carbons (Fsp3) is 0.538. The first-order chi connectivity index (χ1) is 9.82. The maximum atomic E-state index is 12.2. The van der Waals surface area contributed by atoms with E-state index in [-0.39, 0.29) is 16.4 Å². The van der Waals surface area contributed by atoms with Crippen LogP contribution in [0.5, 0.6) is 5.75 Å². The van der Waals surface area contributed by atoms with Gasteiger partial charge in [0.1, 0.15) is 5.75 Å². The second kappa shape index (κ2) is 6.33. The van der Waals surface area contributed by atoms with Crippen molar-refractivity contribution in [2.75, 3.05) is 18.1 Å². The van der Waals surface area contributed by atoms with E-state index < -0.39 is 25.9 Å². The van der Waals surface area contributed by atoms with Crippen LogP contribution in [-0.4, -0.2) is 41.0 Å². The number of sulfonamides is 1. The SMILES string of the molecule is CCCOc1ccc(S(=O)(=O)NC2CCS(=O)(=O)C2)cc1. The lowest BCUT2D eigenvalue weighted by Gasteiger charge is -2.12. The number of rotatable bonds is 6. The molecule has 1 aliphatic heterocycles. The molecule has 0 amide bonds. The molecule has 1 heterocycles. The van der Waals surface area contributed by atoms with Crippen LogP contribution in [0.1, 0.15) is 19.8 Å². The summed E-state index contributed by atoms with van der Waals surface area (Å²) in [5, 5.41) is 0. The molecule has 1 aromatic carbocycles. The number of benzene rings is 1. The van der Waals surface area contributed by atoms with Gasteiger partial charge in [-0.3, -0.25) is 0 Å². The number of hydrogen-bond donors (Lipinski definition) is 1. The maximum absolute atomic E-state index is 12.2. The summed E-state index contributed by atoms with van der Waals surface area (Å²) >= 11 is 0. The van der Waals surface area contributed by atoms with Crippen LogP contribution in [0.3, 0.4) is 0 Å². The topological polar surface area (TPSA) is 89.5 Å². The van der Waals surface area contributed by atoms with Crippen LogP contribution in [0.2, 0.25) is 0 Å². The molecule has 1 N–H and O–H groups in total. The monoisotopic (exact) mass is 333 g/mol. The molecule has 21 heavy (non-hydrogen) atoms. The van der Waals surface area contributed by atoms with Crippen LogP contribution in [0.4, 0.5) is 0 Å². The number of nitrogens with one attached hydrogen (secondary N) is 1. The molecule has 1 aliphatic rings. The first-order valence-corrected chi connectivity index (χ1v) is 10.1. The Hall–Kier alpha value is -1.12. The zero-order valence-corrected chi connectivity index (χ0v) is 13.4. The quantitative estimate of drug-likeness (QED) is 0.837. The predicted octanol–water partition coefficient (Wildman–Crippen LogP) is 0.941. The van der Waals surface area contributed by atoms with E-state index in [9.17, 15) is 16.8 Å². The van der Waals surface area contributed by atoms with Crippen molar-refractivity contribution >= 4 is 19.9 Å². The van der Waals surface area contributed by atoms with Crippen LogP contribution in [0.15, 0.2) is 29.2 Å². The molecular weight excluding hydrogens is 314 g/mol. The second-order valence-corrected chi connectivity index (χ2v) is 8.98. The van der Waals surface area contributed by atoms with Crippen LogP contribution in [0, 0.1) is 0 Å². The molecule has 118 valence electrons. The smallest absolute Gasteiger partial charge is 0.240 e. The van der Waals surface area contributed by atoms with E-state index in [4.69, 9.17) is 4.74 Å². The Morgan fingerprint density at radius 2 is 1.95 bits per heavy atom. The summed E-state index contributed by atoms with van der Waals surface area (Å²) in [5.74, 6) is 0.507. The Labute approximate surface area is 125 Å². The molecule has 0 aliphatic carbocycles. The molecule has 1 fully saturated rings. The third kappa shape index (κ3) is 4.42. The Bertz CT molecular complexity index is 680. The number of ether oxygens (including phenoxy) is 1. The van der Waals surface area contributed by atoms with Crippen LogP contribution >= 0.6 is 0 Å². The molecule has 2 rings (SSSR count). The van der Waals surface area contributed by atoms with E-state index in [0.717, 1.165) is 6.42 Å². The minimum atomic E-state index is -3.70. The molecule has 1 unspecified atom stereocenters. The van der Waals surface area contributed by atoms with Crippen LogP contribution in [0.25, 0.3) is 0 Å². The predicted molar refractivity (Wildman–Crippen MR) is 79.6 cm³/mol. The van der Waals surface area contributed by atoms with Crippen LogP contribution < -0.4 is 9.46 Å². The number of sulfone groups is 1. The lowest BCUT2D eigenvalue weighted by Crippen LogP contribution is -2.35. The highest BCUT2D eigenvalue weighted by atomic mass is 32.2. The van der Waals surface area contributed by atoms with Crippen molar-refractivity contribution in [3.8, 4) is 5.75 Å². The molecule has 1 saturated heterocycles. The second-order valence-electron chi connectivity index (χ2n) is 5.04. The van der Waals surface area contributed by atoms with E-state index in [1.807, 2.05) is 6.92 Å². The molecule has 6 nitrogen and oxygen atoms in total. The van der Waals surface area contributed by atoms with Crippen molar-refractivity contribution in [2.24, 2.45) is 0 Å². The van der Waals surface area contributed by atoms with Gasteiger partial charge >= 0.3 is 0 Å². The number of hydrogen-bond acceptors (Lipinski definition) is 5. The minimum Gasteiger partial charge on any atom is -0.494 e. The summed E-state index contributed by atoms with van der Waals surface area (Å²) in [5.41, 5.74) is 0. The third-order valence-corrected chi connectivity index (χ3v) is 6.47. The molecule has 8 heteroatoms. The summed E-state index contributed by atoms with van der Waals surface area (Å²) in [6.07, 6.45) is 1.19. The molecule has 1 atom stereocenters. The van der Waals surface area contributed by atoms with E-state index in [2.05, 4.69) is 4.72 Å². The van der Waals surface area contributed by atoms with Gasteiger partial charge in [-0.15, -0.1) is 0 Å². The van der Waals surface area contributed by atoms with Gasteiger partial charge in [0.05, 0.1) is 23.0 Å². The van der Waals surface area contributed by atoms with Gasteiger partial charge in [-0.05, 0) is 37.1 Å². The molecule has 0 spiro atoms. The van der Waals surface area contributed by atoms with Gasteiger partial charge in [-0.1, -0.05) is 6.92 Å². The normalized spacial score (nSPS) is 21.3. The molecule has 0 radical (unpaired) electrons. The summed E-state index contributed by atoms with van der Waals surface area (Å²) in [7, 11) is -6.82. The average Bonchev–Trinajstić information content (AvgIpc) is 2.75. The summed E-state index contributed by atoms with van der Waals surface area (Å²) in [6, 6.07) is 5.55. The first kappa shape index (κ1) is 16.3. The van der Waals surface area contributed by atoms with Gasteiger partial charge in [0.25, 0.3) is 0 Å². The lowest BCUT2D eigenvalue weighted by molar-refractivity contribution is 0.317. The minimum absolute atomic E-state index is 0.0317. The average molecular weight is 333 g/mol. The molecular formula is C13H19NO5S2. The molecule has 1 aromatic rings. The largest absolute Gasteiger partial charge is 0.494 e. The highest BCUT2D eigenvalue weighted by Gasteiger charge is 2.31. The fourth-order valence-electron chi connectivity index (χ4n) is 2.11. The van der Waals surface area contributed by atoms with Crippen molar-refractivity contribution in [2.45, 2.75) is 30.7 Å². The van der Waals surface area contributed by atoms with Gasteiger partial charge < -0.3 is 4.74 Å². The van der Waals surface area contributed by atoms with Crippen molar-refractivity contribution in [3.63, 3.8) is 0 Å². The molecule has 0 bridgehead atoms. The van der Waals surface area contributed by atoms with Gasteiger partial charge in [-0.2, -0.15) is 0 Å². The Kier molecular flexibility index (Phi) is 4.90. The van der Waals surface area contributed by atoms with Gasteiger partial charge in [0, 0.05) is 6.04 Å². The van der Waals surface area contributed by atoms with Gasteiger partial charge in [0.15, 0.2) is 9.84 Å². The standard InChI is InChI=1S/C13H19NO5S2/c1-2-8-19-12-3-5-13(6-4-12)21(17,18)14-11-7-9-20(15,16)10-11/h3-6,11,14H,2,7-10H2,1H3. The van der Waals surface area contributed by atoms with E-state index in [0.29, 0.717) is 18.8 Å². The first-order valence-electron chi connectivity index (χ1n) is 6.78. The van der Waals surface area contributed by atoms with Crippen molar-refractivity contribution in [1.29, 1.82) is 0 Å². The van der Waals surface area contributed by atoms with Crippen molar-refractivity contribution in [1.82, 2.24) is 4.72 Å². The summed E-state index contributed by atoms with van der Waals surface area (Å²) in [4.78, 5) is 0.107. The fourth-order valence-corrected chi connectivity index (χ4v) is 5.16. The maximum Gasteiger partial charge on any atom is 0.240 e. The highest BCUT2D eigenvalue weighted by Crippen LogP contribution is 2.18. The third-order valence-electron chi connectivity index (χ3n) is 3.16. The van der Waals surface area contributed by atoms with E-state index in [1.54, 1.807) is 12.1 Å². The summed E-state index contributed by atoms with van der Waals surface area (Å²) < 4.78 is 54.9. The Morgan fingerprint density at radius 1 is 1.29 bits per heavy atom. The lowest BCUT2D eigenvalue weighted by atomic mass is 10.3. The molecule has 0 saturated carbocycles. The van der Waals surface area contributed by atoms with E-state index in [1.165, 1.54) is 12.1 Å². The Morgan fingerprint density at radius 3 is 2.48 bits per heavy atom. The highest BCUT2D eigenvalue weighted by molar-refractivity contribution is 7.92. The molecule has 0 aromatic heterocycles. The zero-order valence-electron chi connectivity index (χ0n) is 11.8. The Balaban J connectivity index is 2.06. The van der Waals surface area contributed by atoms with Crippen molar-refractivity contribution < 1.29 is 21.6 Å².